The molecule has 2 aromatic carbocycles. The zero-order chi connectivity index (χ0) is 28.2. The Labute approximate surface area is 226 Å². The van der Waals surface area contributed by atoms with E-state index in [1.165, 1.54) is 47.2 Å². The molecule has 204 valence electrons. The van der Waals surface area contributed by atoms with Crippen LogP contribution in [0.2, 0.25) is 0 Å². The number of benzene rings is 2. The van der Waals surface area contributed by atoms with E-state index in [0.29, 0.717) is 42.0 Å². The third kappa shape index (κ3) is 5.70. The number of hydrogen-bond donors (Lipinski definition) is 1. The Balaban J connectivity index is 1.85. The lowest BCUT2D eigenvalue weighted by molar-refractivity contribution is 0.357. The van der Waals surface area contributed by atoms with Crippen LogP contribution in [0.5, 0.6) is 11.6 Å². The highest BCUT2D eigenvalue weighted by Crippen LogP contribution is 2.34. The first kappa shape index (κ1) is 28.0. The summed E-state index contributed by atoms with van der Waals surface area (Å²) < 4.78 is 47.4. The summed E-state index contributed by atoms with van der Waals surface area (Å²) in [4.78, 5) is 20.0. The number of nitrogens with zero attached hydrogens (tertiary/aromatic N) is 3. The van der Waals surface area contributed by atoms with Crippen molar-refractivity contribution < 1.29 is 22.7 Å². The molecule has 4 aromatic rings. The number of sulfone groups is 1. The molecule has 0 fully saturated rings. The number of methoxy groups -OCH3 is 1. The third-order valence-electron chi connectivity index (χ3n) is 6.56. The van der Waals surface area contributed by atoms with Crippen molar-refractivity contribution in [3.05, 3.63) is 94.5 Å². The van der Waals surface area contributed by atoms with E-state index in [1.54, 1.807) is 13.2 Å². The highest BCUT2D eigenvalue weighted by Gasteiger charge is 2.32. The van der Waals surface area contributed by atoms with E-state index in [1.807, 2.05) is 32.0 Å². The van der Waals surface area contributed by atoms with Gasteiger partial charge in [-0.05, 0) is 60.4 Å². The van der Waals surface area contributed by atoms with Crippen molar-refractivity contribution in [1.29, 1.82) is 0 Å². The van der Waals surface area contributed by atoms with Crippen LogP contribution in [-0.4, -0.2) is 35.2 Å². The summed E-state index contributed by atoms with van der Waals surface area (Å²) in [7, 11) is -2.90. The largest absolute Gasteiger partial charge is 0.497 e. The van der Waals surface area contributed by atoms with Crippen LogP contribution in [0.1, 0.15) is 50.5 Å². The zero-order valence-electron chi connectivity index (χ0n) is 22.0. The molecule has 2 aromatic heterocycles. The van der Waals surface area contributed by atoms with Crippen molar-refractivity contribution in [1.82, 2.24) is 14.5 Å². The molecule has 0 unspecified atom stereocenters. The molecule has 10 heteroatoms. The molecule has 39 heavy (non-hydrogen) atoms. The lowest BCUT2D eigenvalue weighted by Crippen LogP contribution is -2.27. The van der Waals surface area contributed by atoms with E-state index < -0.39 is 38.2 Å². The van der Waals surface area contributed by atoms with Gasteiger partial charge in [0.05, 0.1) is 18.0 Å². The Morgan fingerprint density at radius 3 is 2.38 bits per heavy atom. The van der Waals surface area contributed by atoms with Gasteiger partial charge in [-0.2, -0.15) is 9.37 Å². The van der Waals surface area contributed by atoms with Crippen LogP contribution >= 0.6 is 0 Å². The quantitative estimate of drug-likeness (QED) is 0.265. The number of halogens is 1. The van der Waals surface area contributed by atoms with Crippen molar-refractivity contribution >= 4 is 9.84 Å². The van der Waals surface area contributed by atoms with E-state index in [9.17, 15) is 22.7 Å². The number of pyridine rings is 1. The minimum Gasteiger partial charge on any atom is -0.497 e. The SMILES string of the molecule is CCCCc1nc(=O)c(S(=O)(=O)c2ccc(-c3ccc(F)nc3)cc2)c(O)n1[C@@H](CC)c1cccc(OC)c1. The number of aromatic nitrogens is 3. The van der Waals surface area contributed by atoms with Crippen LogP contribution in [0.3, 0.4) is 0 Å². The highest BCUT2D eigenvalue weighted by molar-refractivity contribution is 7.91. The van der Waals surface area contributed by atoms with Crippen LogP contribution in [0.25, 0.3) is 11.1 Å². The van der Waals surface area contributed by atoms with E-state index >= 15 is 0 Å². The van der Waals surface area contributed by atoms with Gasteiger partial charge in [0.15, 0.2) is 4.90 Å². The average Bonchev–Trinajstić information content (AvgIpc) is 2.94. The number of rotatable bonds is 10. The second kappa shape index (κ2) is 11.8. The fourth-order valence-electron chi connectivity index (χ4n) is 4.53. The molecule has 4 rings (SSSR count). The molecule has 0 radical (unpaired) electrons. The minimum absolute atomic E-state index is 0.183. The van der Waals surface area contributed by atoms with E-state index in [2.05, 4.69) is 9.97 Å². The van der Waals surface area contributed by atoms with Crippen molar-refractivity contribution in [2.24, 2.45) is 0 Å². The van der Waals surface area contributed by atoms with Gasteiger partial charge in [-0.15, -0.1) is 0 Å². The second-order valence-corrected chi connectivity index (χ2v) is 10.9. The van der Waals surface area contributed by atoms with Crippen LogP contribution in [0.15, 0.2) is 81.4 Å². The van der Waals surface area contributed by atoms with Crippen LogP contribution in [-0.2, 0) is 16.3 Å². The molecule has 0 amide bonds. The predicted molar refractivity (Wildman–Crippen MR) is 145 cm³/mol. The first-order valence-corrected chi connectivity index (χ1v) is 14.1. The van der Waals surface area contributed by atoms with Crippen molar-refractivity contribution in [2.75, 3.05) is 7.11 Å². The molecule has 2 heterocycles. The molecular weight excluding hydrogens is 521 g/mol. The van der Waals surface area contributed by atoms with Crippen molar-refractivity contribution in [3.63, 3.8) is 0 Å². The molecule has 0 saturated carbocycles. The molecule has 0 saturated heterocycles. The lowest BCUT2D eigenvalue weighted by Gasteiger charge is -2.25. The molecular formula is C29H30FN3O5S. The molecule has 1 atom stereocenters. The zero-order valence-corrected chi connectivity index (χ0v) is 22.8. The van der Waals surface area contributed by atoms with Crippen LogP contribution in [0, 0.1) is 5.95 Å². The molecule has 1 N–H and O–H groups in total. The van der Waals surface area contributed by atoms with Gasteiger partial charge in [-0.3, -0.25) is 9.36 Å². The number of unbranched alkanes of at least 4 members (excludes halogenated alkanes) is 1. The van der Waals surface area contributed by atoms with Crippen molar-refractivity contribution in [3.8, 4) is 22.8 Å². The Morgan fingerprint density at radius 1 is 1.05 bits per heavy atom. The van der Waals surface area contributed by atoms with Gasteiger partial charge in [0.1, 0.15) is 11.6 Å². The fraction of sp³-hybridized carbons (Fsp3) is 0.276. The van der Waals surface area contributed by atoms with Crippen LogP contribution in [0.4, 0.5) is 4.39 Å². The average molecular weight is 552 g/mol. The minimum atomic E-state index is -4.45. The summed E-state index contributed by atoms with van der Waals surface area (Å²) in [5.41, 5.74) is 0.967. The molecule has 0 aliphatic carbocycles. The summed E-state index contributed by atoms with van der Waals surface area (Å²) in [5, 5.41) is 11.5. The number of hydrogen-bond acceptors (Lipinski definition) is 7. The maximum absolute atomic E-state index is 13.7. The second-order valence-electron chi connectivity index (χ2n) is 9.06. The summed E-state index contributed by atoms with van der Waals surface area (Å²) in [6.07, 6.45) is 3.74. The Hall–Kier alpha value is -4.05. The van der Waals surface area contributed by atoms with Gasteiger partial charge in [-0.25, -0.2) is 13.4 Å². The Bertz CT molecular complexity index is 1620. The topological polar surface area (TPSA) is 111 Å². The molecule has 0 aliphatic heterocycles. The van der Waals surface area contributed by atoms with Gasteiger partial charge in [0.2, 0.25) is 21.7 Å². The molecule has 0 spiro atoms. The summed E-state index contributed by atoms with van der Waals surface area (Å²) >= 11 is 0. The first-order valence-electron chi connectivity index (χ1n) is 12.7. The summed E-state index contributed by atoms with van der Waals surface area (Å²) in [6.45, 7) is 3.90. The number of aryl methyl sites for hydroxylation is 1. The predicted octanol–water partition coefficient (Wildman–Crippen LogP) is 5.33. The van der Waals surface area contributed by atoms with Gasteiger partial charge >= 0.3 is 0 Å². The monoisotopic (exact) mass is 551 g/mol. The van der Waals surface area contributed by atoms with E-state index in [0.717, 1.165) is 12.0 Å². The number of ether oxygens (including phenoxy) is 1. The summed E-state index contributed by atoms with van der Waals surface area (Å²) in [5.74, 6) is -0.354. The summed E-state index contributed by atoms with van der Waals surface area (Å²) in [6, 6.07) is 15.2. The molecule has 8 nitrogen and oxygen atoms in total. The smallest absolute Gasteiger partial charge is 0.296 e. The van der Waals surface area contributed by atoms with Crippen LogP contribution < -0.4 is 10.3 Å². The maximum atomic E-state index is 13.7. The lowest BCUT2D eigenvalue weighted by atomic mass is 10.0. The van der Waals surface area contributed by atoms with E-state index in [4.69, 9.17) is 4.74 Å². The van der Waals surface area contributed by atoms with Gasteiger partial charge < -0.3 is 9.84 Å². The Morgan fingerprint density at radius 2 is 1.77 bits per heavy atom. The standard InChI is InChI=1S/C29H30FN3O5S/c1-4-6-10-26-32-28(34)27(29(35)33(26)24(5-2)20-8-7-9-22(17-20)38-3)39(36,37)23-14-11-19(12-15-23)21-13-16-25(30)31-18-21/h7-9,11-18,24,35H,4-6,10H2,1-3H3/t24-/m0/s1. The normalized spacial score (nSPS) is 12.3. The molecule has 0 aliphatic rings. The highest BCUT2D eigenvalue weighted by atomic mass is 32.2. The van der Waals surface area contributed by atoms with Gasteiger partial charge in [0, 0.05) is 18.2 Å². The van der Waals surface area contributed by atoms with Gasteiger partial charge in [0.25, 0.3) is 5.56 Å². The fourth-order valence-corrected chi connectivity index (χ4v) is 5.87. The van der Waals surface area contributed by atoms with Gasteiger partial charge in [-0.1, -0.05) is 44.5 Å². The third-order valence-corrected chi connectivity index (χ3v) is 8.35. The molecule has 0 bridgehead atoms. The van der Waals surface area contributed by atoms with E-state index in [-0.39, 0.29) is 4.90 Å². The Kier molecular flexibility index (Phi) is 8.44. The first-order chi connectivity index (χ1) is 18.7. The van der Waals surface area contributed by atoms with Crippen molar-refractivity contribution in [2.45, 2.75) is 55.4 Å². The maximum Gasteiger partial charge on any atom is 0.296 e. The number of aromatic hydroxyl groups is 1.